The first-order chi connectivity index (χ1) is 7.27. The predicted octanol–water partition coefficient (Wildman–Crippen LogP) is 0.746. The Labute approximate surface area is 89.8 Å². The highest BCUT2D eigenvalue weighted by Gasteiger charge is 2.09. The van der Waals surface area contributed by atoms with E-state index in [9.17, 15) is 0 Å². The third-order valence-electron chi connectivity index (χ3n) is 2.14. The molecule has 0 fully saturated rings. The first-order valence-electron chi connectivity index (χ1n) is 4.82. The first kappa shape index (κ1) is 12.0. The highest BCUT2D eigenvalue weighted by molar-refractivity contribution is 5.00. The smallest absolute Gasteiger partial charge is 0.169 e. The van der Waals surface area contributed by atoms with Gasteiger partial charge in [0.05, 0.1) is 5.69 Å². The average molecular weight is 211 g/mol. The summed E-state index contributed by atoms with van der Waals surface area (Å²) in [6.07, 6.45) is 4.84. The standard InChI is InChI=1S/C10H17N3O2/c1-8(9-6-11-4-5-12-9)13-7-10(14-2)15-3/h4-6,8,10,13H,7H2,1-3H3. The van der Waals surface area contributed by atoms with Gasteiger partial charge in [0.2, 0.25) is 0 Å². The molecular weight excluding hydrogens is 194 g/mol. The zero-order chi connectivity index (χ0) is 11.1. The quantitative estimate of drug-likeness (QED) is 0.703. The van der Waals surface area contributed by atoms with Crippen LogP contribution in [0, 0.1) is 0 Å². The summed E-state index contributed by atoms with van der Waals surface area (Å²) in [5.74, 6) is 0. The number of hydrogen-bond acceptors (Lipinski definition) is 5. The van der Waals surface area contributed by atoms with Crippen LogP contribution in [0.3, 0.4) is 0 Å². The zero-order valence-electron chi connectivity index (χ0n) is 9.30. The van der Waals surface area contributed by atoms with Gasteiger partial charge in [-0.05, 0) is 6.92 Å². The normalized spacial score (nSPS) is 13.1. The third-order valence-corrected chi connectivity index (χ3v) is 2.14. The van der Waals surface area contributed by atoms with E-state index in [1.54, 1.807) is 32.8 Å². The molecule has 0 aromatic carbocycles. The number of ether oxygens (including phenoxy) is 2. The predicted molar refractivity (Wildman–Crippen MR) is 56.3 cm³/mol. The largest absolute Gasteiger partial charge is 0.355 e. The Bertz CT molecular complexity index is 265. The molecule has 1 atom stereocenters. The highest BCUT2D eigenvalue weighted by Crippen LogP contribution is 2.06. The molecule has 0 spiro atoms. The van der Waals surface area contributed by atoms with E-state index in [1.165, 1.54) is 0 Å². The molecule has 1 aromatic heterocycles. The van der Waals surface area contributed by atoms with Crippen molar-refractivity contribution in [3.63, 3.8) is 0 Å². The Morgan fingerprint density at radius 3 is 2.60 bits per heavy atom. The van der Waals surface area contributed by atoms with Crippen LogP contribution in [0.4, 0.5) is 0 Å². The van der Waals surface area contributed by atoms with Crippen molar-refractivity contribution in [3.8, 4) is 0 Å². The number of nitrogens with zero attached hydrogens (tertiary/aromatic N) is 2. The lowest BCUT2D eigenvalue weighted by molar-refractivity contribution is -0.0997. The summed E-state index contributed by atoms with van der Waals surface area (Å²) in [6.45, 7) is 2.64. The summed E-state index contributed by atoms with van der Waals surface area (Å²) in [5, 5.41) is 3.25. The van der Waals surface area contributed by atoms with Crippen LogP contribution in [-0.2, 0) is 9.47 Å². The van der Waals surface area contributed by atoms with Crippen molar-refractivity contribution in [2.45, 2.75) is 19.3 Å². The fourth-order valence-electron chi connectivity index (χ4n) is 1.17. The minimum atomic E-state index is -0.232. The van der Waals surface area contributed by atoms with E-state index in [0.717, 1.165) is 5.69 Å². The van der Waals surface area contributed by atoms with Crippen LogP contribution >= 0.6 is 0 Å². The number of aromatic nitrogens is 2. The molecule has 0 amide bonds. The zero-order valence-corrected chi connectivity index (χ0v) is 9.30. The second-order valence-corrected chi connectivity index (χ2v) is 3.16. The van der Waals surface area contributed by atoms with Crippen molar-refractivity contribution in [3.05, 3.63) is 24.3 Å². The van der Waals surface area contributed by atoms with Gasteiger partial charge in [0, 0.05) is 45.4 Å². The van der Waals surface area contributed by atoms with Gasteiger partial charge in [0.25, 0.3) is 0 Å². The van der Waals surface area contributed by atoms with Crippen molar-refractivity contribution < 1.29 is 9.47 Å². The van der Waals surface area contributed by atoms with Gasteiger partial charge in [-0.25, -0.2) is 0 Å². The SMILES string of the molecule is COC(CNC(C)c1cnccn1)OC. The molecule has 15 heavy (non-hydrogen) atoms. The lowest BCUT2D eigenvalue weighted by Gasteiger charge is -2.17. The lowest BCUT2D eigenvalue weighted by atomic mass is 10.2. The average Bonchev–Trinajstić information content (AvgIpc) is 2.31. The number of hydrogen-bond donors (Lipinski definition) is 1. The van der Waals surface area contributed by atoms with Crippen LogP contribution in [0.25, 0.3) is 0 Å². The van der Waals surface area contributed by atoms with Gasteiger partial charge in [-0.2, -0.15) is 0 Å². The third kappa shape index (κ3) is 3.91. The molecule has 0 radical (unpaired) electrons. The highest BCUT2D eigenvalue weighted by atomic mass is 16.7. The fraction of sp³-hybridized carbons (Fsp3) is 0.600. The molecule has 1 unspecified atom stereocenters. The lowest BCUT2D eigenvalue weighted by Crippen LogP contribution is -2.31. The van der Waals surface area contributed by atoms with Gasteiger partial charge in [-0.3, -0.25) is 9.97 Å². The molecule has 0 aliphatic heterocycles. The molecule has 1 heterocycles. The molecule has 0 aliphatic carbocycles. The molecule has 1 rings (SSSR count). The number of methoxy groups -OCH3 is 2. The van der Waals surface area contributed by atoms with E-state index in [-0.39, 0.29) is 12.3 Å². The van der Waals surface area contributed by atoms with E-state index in [1.807, 2.05) is 6.92 Å². The van der Waals surface area contributed by atoms with Crippen LogP contribution in [0.1, 0.15) is 18.7 Å². The fourth-order valence-corrected chi connectivity index (χ4v) is 1.17. The molecule has 0 bridgehead atoms. The summed E-state index contributed by atoms with van der Waals surface area (Å²) in [7, 11) is 3.23. The molecule has 84 valence electrons. The summed E-state index contributed by atoms with van der Waals surface area (Å²) >= 11 is 0. The maximum Gasteiger partial charge on any atom is 0.169 e. The molecule has 0 aliphatic rings. The maximum atomic E-state index is 5.06. The van der Waals surface area contributed by atoms with Crippen LogP contribution in [0.5, 0.6) is 0 Å². The summed E-state index contributed by atoms with van der Waals surface area (Å²) in [4.78, 5) is 8.21. The first-order valence-corrected chi connectivity index (χ1v) is 4.82. The van der Waals surface area contributed by atoms with E-state index < -0.39 is 0 Å². The molecular formula is C10H17N3O2. The van der Waals surface area contributed by atoms with Crippen molar-refractivity contribution >= 4 is 0 Å². The van der Waals surface area contributed by atoms with Gasteiger partial charge in [-0.15, -0.1) is 0 Å². The summed E-state index contributed by atoms with van der Waals surface area (Å²) < 4.78 is 10.1. The molecule has 1 N–H and O–H groups in total. The van der Waals surface area contributed by atoms with Gasteiger partial charge in [0.1, 0.15) is 0 Å². The van der Waals surface area contributed by atoms with E-state index in [4.69, 9.17) is 9.47 Å². The maximum absolute atomic E-state index is 5.06. The van der Waals surface area contributed by atoms with Crippen molar-refractivity contribution in [1.29, 1.82) is 0 Å². The Morgan fingerprint density at radius 1 is 1.33 bits per heavy atom. The van der Waals surface area contributed by atoms with Gasteiger partial charge in [-0.1, -0.05) is 0 Å². The number of rotatable bonds is 6. The summed E-state index contributed by atoms with van der Waals surface area (Å²) in [6, 6.07) is 0.131. The van der Waals surface area contributed by atoms with Gasteiger partial charge in [0.15, 0.2) is 6.29 Å². The summed E-state index contributed by atoms with van der Waals surface area (Å²) in [5.41, 5.74) is 0.906. The minimum absolute atomic E-state index is 0.131. The van der Waals surface area contributed by atoms with Crippen LogP contribution in [-0.4, -0.2) is 37.0 Å². The van der Waals surface area contributed by atoms with Crippen LogP contribution < -0.4 is 5.32 Å². The monoisotopic (exact) mass is 211 g/mol. The molecule has 5 heteroatoms. The minimum Gasteiger partial charge on any atom is -0.355 e. The van der Waals surface area contributed by atoms with Crippen molar-refractivity contribution in [2.24, 2.45) is 0 Å². The second kappa shape index (κ2) is 6.44. The Balaban J connectivity index is 2.39. The van der Waals surface area contributed by atoms with E-state index in [2.05, 4.69) is 15.3 Å². The van der Waals surface area contributed by atoms with Crippen molar-refractivity contribution in [1.82, 2.24) is 15.3 Å². The van der Waals surface area contributed by atoms with Crippen molar-refractivity contribution in [2.75, 3.05) is 20.8 Å². The second-order valence-electron chi connectivity index (χ2n) is 3.16. The van der Waals surface area contributed by atoms with Crippen LogP contribution in [0.2, 0.25) is 0 Å². The Hall–Kier alpha value is -1.04. The van der Waals surface area contributed by atoms with Gasteiger partial charge >= 0.3 is 0 Å². The topological polar surface area (TPSA) is 56.3 Å². The van der Waals surface area contributed by atoms with E-state index in [0.29, 0.717) is 6.54 Å². The Kier molecular flexibility index (Phi) is 5.17. The molecule has 5 nitrogen and oxygen atoms in total. The molecule has 0 saturated heterocycles. The van der Waals surface area contributed by atoms with Gasteiger partial charge < -0.3 is 14.8 Å². The Morgan fingerprint density at radius 2 is 2.07 bits per heavy atom. The van der Waals surface area contributed by atoms with E-state index >= 15 is 0 Å². The molecule has 1 aromatic rings. The van der Waals surface area contributed by atoms with Crippen LogP contribution in [0.15, 0.2) is 18.6 Å². The number of nitrogens with one attached hydrogen (secondary N) is 1. The molecule has 0 saturated carbocycles.